The highest BCUT2D eigenvalue weighted by molar-refractivity contribution is 4.49. The molecule has 0 aliphatic heterocycles. The van der Waals surface area contributed by atoms with E-state index in [1.54, 1.807) is 0 Å². The van der Waals surface area contributed by atoms with Crippen molar-refractivity contribution in [2.45, 2.75) is 103 Å². The summed E-state index contributed by atoms with van der Waals surface area (Å²) in [4.78, 5) is 0. The molecule has 0 aromatic carbocycles. The highest BCUT2D eigenvalue weighted by Crippen LogP contribution is 2.12. The molecule has 0 aromatic rings. The summed E-state index contributed by atoms with van der Waals surface area (Å²) in [5.41, 5.74) is 5.44. The number of hydrogen-bond donors (Lipinski definition) is 1. The van der Waals surface area contributed by atoms with Gasteiger partial charge < -0.3 is 10.5 Å². The summed E-state index contributed by atoms with van der Waals surface area (Å²) in [6.45, 7) is 4.92. The zero-order valence-electron chi connectivity index (χ0n) is 14.7. The van der Waals surface area contributed by atoms with Crippen molar-refractivity contribution in [1.29, 1.82) is 0 Å². The predicted molar refractivity (Wildman–Crippen MR) is 94.8 cm³/mol. The van der Waals surface area contributed by atoms with Crippen LogP contribution in [0.2, 0.25) is 0 Å². The van der Waals surface area contributed by atoms with Gasteiger partial charge in [0, 0.05) is 13.2 Å². The van der Waals surface area contributed by atoms with E-state index in [0.29, 0.717) is 0 Å². The quantitative estimate of drug-likeness (QED) is 0.323. The van der Waals surface area contributed by atoms with E-state index in [0.717, 1.165) is 32.6 Å². The largest absolute Gasteiger partial charge is 0.381 e. The number of rotatable bonds is 18. The zero-order valence-corrected chi connectivity index (χ0v) is 14.7. The van der Waals surface area contributed by atoms with Crippen molar-refractivity contribution in [2.75, 3.05) is 19.8 Å². The van der Waals surface area contributed by atoms with Gasteiger partial charge >= 0.3 is 0 Å². The summed E-state index contributed by atoms with van der Waals surface area (Å²) in [6.07, 6.45) is 20.6. The van der Waals surface area contributed by atoms with E-state index in [4.69, 9.17) is 10.5 Å². The Kier molecular flexibility index (Phi) is 19.8. The Labute approximate surface area is 134 Å². The molecular weight excluding hydrogens is 258 g/mol. The molecule has 0 heterocycles. The molecule has 2 heteroatoms. The van der Waals surface area contributed by atoms with E-state index >= 15 is 0 Å². The van der Waals surface area contributed by atoms with Crippen LogP contribution in [-0.4, -0.2) is 19.8 Å². The SMILES string of the molecule is CCCCCCCCCCCCCCCOCCCCN. The monoisotopic (exact) mass is 299 g/mol. The van der Waals surface area contributed by atoms with E-state index in [9.17, 15) is 0 Å². The summed E-state index contributed by atoms with van der Waals surface area (Å²) in [6, 6.07) is 0. The minimum Gasteiger partial charge on any atom is -0.381 e. The first-order valence-electron chi connectivity index (χ1n) is 9.69. The van der Waals surface area contributed by atoms with Gasteiger partial charge in [0.25, 0.3) is 0 Å². The van der Waals surface area contributed by atoms with Crippen LogP contribution < -0.4 is 5.73 Å². The Balaban J connectivity index is 2.90. The topological polar surface area (TPSA) is 35.2 Å². The molecule has 0 saturated carbocycles. The number of ether oxygens (including phenoxy) is 1. The molecule has 0 fully saturated rings. The molecule has 0 saturated heterocycles. The zero-order chi connectivity index (χ0) is 15.4. The van der Waals surface area contributed by atoms with Gasteiger partial charge in [0.1, 0.15) is 0 Å². The first-order chi connectivity index (χ1) is 10.4. The lowest BCUT2D eigenvalue weighted by Crippen LogP contribution is -2.02. The van der Waals surface area contributed by atoms with Gasteiger partial charge in [-0.05, 0) is 25.8 Å². The molecule has 0 aromatic heterocycles. The van der Waals surface area contributed by atoms with E-state index in [2.05, 4.69) is 6.92 Å². The smallest absolute Gasteiger partial charge is 0.0466 e. The molecule has 0 amide bonds. The fourth-order valence-electron chi connectivity index (χ4n) is 2.67. The summed E-state index contributed by atoms with van der Waals surface area (Å²) in [5.74, 6) is 0. The highest BCUT2D eigenvalue weighted by Gasteiger charge is 1.94. The first kappa shape index (κ1) is 20.9. The summed E-state index contributed by atoms with van der Waals surface area (Å²) in [5, 5.41) is 0. The lowest BCUT2D eigenvalue weighted by atomic mass is 10.0. The number of hydrogen-bond acceptors (Lipinski definition) is 2. The minimum absolute atomic E-state index is 0.794. The second-order valence-electron chi connectivity index (χ2n) is 6.35. The van der Waals surface area contributed by atoms with Crippen LogP contribution in [0, 0.1) is 0 Å². The van der Waals surface area contributed by atoms with Gasteiger partial charge in [-0.15, -0.1) is 0 Å². The summed E-state index contributed by atoms with van der Waals surface area (Å²) in [7, 11) is 0. The molecule has 0 radical (unpaired) electrons. The van der Waals surface area contributed by atoms with Crippen LogP contribution in [0.1, 0.15) is 103 Å². The van der Waals surface area contributed by atoms with E-state index in [-0.39, 0.29) is 0 Å². The molecule has 2 N–H and O–H groups in total. The molecule has 2 nitrogen and oxygen atoms in total. The van der Waals surface area contributed by atoms with Crippen LogP contribution in [0.4, 0.5) is 0 Å². The fraction of sp³-hybridized carbons (Fsp3) is 1.00. The molecule has 21 heavy (non-hydrogen) atoms. The van der Waals surface area contributed by atoms with Gasteiger partial charge in [-0.25, -0.2) is 0 Å². The van der Waals surface area contributed by atoms with Crippen LogP contribution >= 0.6 is 0 Å². The third-order valence-electron chi connectivity index (χ3n) is 4.14. The lowest BCUT2D eigenvalue weighted by molar-refractivity contribution is 0.126. The highest BCUT2D eigenvalue weighted by atomic mass is 16.5. The van der Waals surface area contributed by atoms with E-state index in [1.807, 2.05) is 0 Å². The average molecular weight is 300 g/mol. The maximum atomic E-state index is 5.58. The van der Waals surface area contributed by atoms with Gasteiger partial charge in [-0.2, -0.15) is 0 Å². The Bertz CT molecular complexity index is 155. The minimum atomic E-state index is 0.794. The molecule has 128 valence electrons. The van der Waals surface area contributed by atoms with Crippen LogP contribution in [0.15, 0.2) is 0 Å². The van der Waals surface area contributed by atoms with Crippen molar-refractivity contribution in [1.82, 2.24) is 0 Å². The molecule has 0 unspecified atom stereocenters. The number of unbranched alkanes of at least 4 members (excludes halogenated alkanes) is 13. The van der Waals surface area contributed by atoms with Gasteiger partial charge in [-0.1, -0.05) is 84.0 Å². The third kappa shape index (κ3) is 19.9. The molecule has 0 atom stereocenters. The van der Waals surface area contributed by atoms with E-state index in [1.165, 1.54) is 83.5 Å². The second-order valence-corrected chi connectivity index (χ2v) is 6.35. The van der Waals surface area contributed by atoms with Crippen molar-refractivity contribution in [3.63, 3.8) is 0 Å². The Morgan fingerprint density at radius 2 is 0.905 bits per heavy atom. The maximum Gasteiger partial charge on any atom is 0.0466 e. The third-order valence-corrected chi connectivity index (χ3v) is 4.14. The maximum absolute atomic E-state index is 5.58. The average Bonchev–Trinajstić information content (AvgIpc) is 2.50. The molecule has 0 spiro atoms. The van der Waals surface area contributed by atoms with Gasteiger partial charge in [0.2, 0.25) is 0 Å². The van der Waals surface area contributed by atoms with Crippen molar-refractivity contribution >= 4 is 0 Å². The van der Waals surface area contributed by atoms with Gasteiger partial charge in [0.05, 0.1) is 0 Å². The van der Waals surface area contributed by atoms with Crippen LogP contribution in [0.25, 0.3) is 0 Å². The van der Waals surface area contributed by atoms with E-state index < -0.39 is 0 Å². The van der Waals surface area contributed by atoms with Crippen molar-refractivity contribution in [3.05, 3.63) is 0 Å². The predicted octanol–water partition coefficient (Wildman–Crippen LogP) is 5.83. The number of nitrogens with two attached hydrogens (primary N) is 1. The van der Waals surface area contributed by atoms with Crippen LogP contribution in [0.3, 0.4) is 0 Å². The molecule has 0 aliphatic carbocycles. The second kappa shape index (κ2) is 19.9. The van der Waals surface area contributed by atoms with Crippen molar-refractivity contribution in [3.8, 4) is 0 Å². The van der Waals surface area contributed by atoms with Gasteiger partial charge in [-0.3, -0.25) is 0 Å². The molecule has 0 bridgehead atoms. The summed E-state index contributed by atoms with van der Waals surface area (Å²) >= 11 is 0. The lowest BCUT2D eigenvalue weighted by Gasteiger charge is -2.04. The van der Waals surface area contributed by atoms with Crippen LogP contribution in [-0.2, 0) is 4.74 Å². The summed E-state index contributed by atoms with van der Waals surface area (Å²) < 4.78 is 5.58. The van der Waals surface area contributed by atoms with Crippen molar-refractivity contribution < 1.29 is 4.74 Å². The molecule has 0 rings (SSSR count). The van der Waals surface area contributed by atoms with Gasteiger partial charge in [0.15, 0.2) is 0 Å². The Morgan fingerprint density at radius 3 is 1.33 bits per heavy atom. The Morgan fingerprint density at radius 1 is 0.524 bits per heavy atom. The standard InChI is InChI=1S/C19H41NO/c1-2-3-4-5-6-7-8-9-10-11-12-13-15-18-21-19-16-14-17-20/h2-20H2,1H3. The van der Waals surface area contributed by atoms with Crippen LogP contribution in [0.5, 0.6) is 0 Å². The normalized spacial score (nSPS) is 11.1. The first-order valence-corrected chi connectivity index (χ1v) is 9.69. The Hall–Kier alpha value is -0.0800. The van der Waals surface area contributed by atoms with Crippen molar-refractivity contribution in [2.24, 2.45) is 5.73 Å². The fourth-order valence-corrected chi connectivity index (χ4v) is 2.67. The molecule has 0 aliphatic rings. The molecular formula is C19H41NO.